The van der Waals surface area contributed by atoms with Crippen molar-refractivity contribution in [2.75, 3.05) is 10.7 Å². The maximum absolute atomic E-state index is 12.0. The molecule has 0 spiro atoms. The van der Waals surface area contributed by atoms with Crippen molar-refractivity contribution in [3.63, 3.8) is 0 Å². The van der Waals surface area contributed by atoms with E-state index in [0.717, 1.165) is 11.3 Å². The summed E-state index contributed by atoms with van der Waals surface area (Å²) in [6.07, 6.45) is 0. The maximum atomic E-state index is 12.0. The molecule has 0 atom stereocenters. The minimum absolute atomic E-state index is 0.0121. The fraction of sp³-hybridized carbons (Fsp3) is 0.0714. The van der Waals surface area contributed by atoms with Crippen molar-refractivity contribution in [3.8, 4) is 0 Å². The van der Waals surface area contributed by atoms with Gasteiger partial charge >= 0.3 is 0 Å². The Morgan fingerprint density at radius 2 is 1.58 bits per heavy atom. The number of hydrogen-bond acceptors (Lipinski definition) is 4. The van der Waals surface area contributed by atoms with E-state index in [1.165, 1.54) is 0 Å². The molecular formula is C14H15N3O2. The summed E-state index contributed by atoms with van der Waals surface area (Å²) >= 11 is 0. The van der Waals surface area contributed by atoms with E-state index in [9.17, 15) is 4.79 Å². The summed E-state index contributed by atoms with van der Waals surface area (Å²) in [6, 6.07) is 13.8. The molecular weight excluding hydrogens is 242 g/mol. The molecule has 0 saturated heterocycles. The second-order valence-electron chi connectivity index (χ2n) is 4.03. The highest BCUT2D eigenvalue weighted by Gasteiger charge is 2.05. The highest BCUT2D eigenvalue weighted by molar-refractivity contribution is 6.04. The monoisotopic (exact) mass is 257 g/mol. The average Bonchev–Trinajstić information content (AvgIpc) is 2.48. The highest BCUT2D eigenvalue weighted by atomic mass is 16.3. The number of carbonyl (C=O) groups is 1. The van der Waals surface area contributed by atoms with E-state index < -0.39 is 0 Å². The first-order chi connectivity index (χ1) is 9.22. The summed E-state index contributed by atoms with van der Waals surface area (Å²) in [7, 11) is 0. The molecule has 5 heteroatoms. The molecule has 5 nitrogen and oxygen atoms in total. The van der Waals surface area contributed by atoms with E-state index in [4.69, 9.17) is 10.9 Å². The van der Waals surface area contributed by atoms with Gasteiger partial charge in [-0.2, -0.15) is 0 Å². The average molecular weight is 257 g/mol. The number of carbonyl (C=O) groups excluding carboxylic acids is 1. The van der Waals surface area contributed by atoms with Crippen molar-refractivity contribution in [3.05, 3.63) is 59.7 Å². The zero-order valence-electron chi connectivity index (χ0n) is 10.3. The normalized spacial score (nSPS) is 10.0. The first-order valence-electron chi connectivity index (χ1n) is 5.81. The van der Waals surface area contributed by atoms with Crippen LogP contribution >= 0.6 is 0 Å². The van der Waals surface area contributed by atoms with Gasteiger partial charge in [-0.15, -0.1) is 0 Å². The van der Waals surface area contributed by atoms with Gasteiger partial charge in [0.1, 0.15) is 0 Å². The molecule has 0 saturated carbocycles. The van der Waals surface area contributed by atoms with E-state index in [1.807, 2.05) is 0 Å². The Morgan fingerprint density at radius 1 is 1.00 bits per heavy atom. The topological polar surface area (TPSA) is 87.4 Å². The minimum atomic E-state index is -0.194. The van der Waals surface area contributed by atoms with E-state index in [1.54, 1.807) is 48.5 Å². The first-order valence-corrected chi connectivity index (χ1v) is 5.81. The van der Waals surface area contributed by atoms with E-state index in [-0.39, 0.29) is 12.5 Å². The summed E-state index contributed by atoms with van der Waals surface area (Å²) in [5, 5.41) is 11.7. The smallest absolute Gasteiger partial charge is 0.255 e. The van der Waals surface area contributed by atoms with Gasteiger partial charge in [0.25, 0.3) is 5.91 Å². The highest BCUT2D eigenvalue weighted by Crippen LogP contribution is 2.13. The van der Waals surface area contributed by atoms with E-state index in [2.05, 4.69) is 10.7 Å². The number of nitrogens with two attached hydrogens (primary N) is 1. The van der Waals surface area contributed by atoms with Crippen LogP contribution in [-0.2, 0) is 6.61 Å². The summed E-state index contributed by atoms with van der Waals surface area (Å²) < 4.78 is 0. The molecule has 0 aliphatic rings. The third kappa shape index (κ3) is 3.31. The van der Waals surface area contributed by atoms with Gasteiger partial charge in [-0.05, 0) is 42.0 Å². The third-order valence-corrected chi connectivity index (χ3v) is 2.71. The van der Waals surface area contributed by atoms with Crippen LogP contribution in [0.2, 0.25) is 0 Å². The maximum Gasteiger partial charge on any atom is 0.255 e. The molecule has 19 heavy (non-hydrogen) atoms. The Morgan fingerprint density at radius 3 is 2.11 bits per heavy atom. The number of hydrogen-bond donors (Lipinski definition) is 4. The Bertz CT molecular complexity index is 550. The molecule has 98 valence electrons. The predicted molar refractivity (Wildman–Crippen MR) is 74.6 cm³/mol. The molecule has 0 unspecified atom stereocenters. The zero-order chi connectivity index (χ0) is 13.7. The van der Waals surface area contributed by atoms with Crippen LogP contribution in [0.3, 0.4) is 0 Å². The van der Waals surface area contributed by atoms with E-state index >= 15 is 0 Å². The van der Waals surface area contributed by atoms with Gasteiger partial charge in [-0.25, -0.2) is 0 Å². The van der Waals surface area contributed by atoms with Crippen LogP contribution in [0.1, 0.15) is 15.9 Å². The molecule has 1 amide bonds. The molecule has 5 N–H and O–H groups in total. The van der Waals surface area contributed by atoms with Crippen LogP contribution in [0.4, 0.5) is 11.4 Å². The molecule has 0 aliphatic carbocycles. The number of hydrazine groups is 1. The number of aliphatic hydroxyl groups is 1. The van der Waals surface area contributed by atoms with Crippen LogP contribution in [0.5, 0.6) is 0 Å². The Hall–Kier alpha value is -2.37. The van der Waals surface area contributed by atoms with Gasteiger partial charge < -0.3 is 15.8 Å². The Kier molecular flexibility index (Phi) is 4.12. The molecule has 2 rings (SSSR count). The predicted octanol–water partition coefficient (Wildman–Crippen LogP) is 1.72. The molecule has 2 aromatic rings. The fourth-order valence-electron chi connectivity index (χ4n) is 1.61. The van der Waals surface area contributed by atoms with Gasteiger partial charge in [-0.3, -0.25) is 10.6 Å². The molecule has 2 aromatic carbocycles. The van der Waals surface area contributed by atoms with Crippen molar-refractivity contribution in [1.82, 2.24) is 0 Å². The van der Waals surface area contributed by atoms with Gasteiger partial charge in [-0.1, -0.05) is 12.1 Å². The van der Waals surface area contributed by atoms with Crippen LogP contribution in [0.25, 0.3) is 0 Å². The number of anilines is 2. The third-order valence-electron chi connectivity index (χ3n) is 2.71. The SMILES string of the molecule is NNc1ccc(C(=O)Nc2ccc(CO)cc2)cc1. The lowest BCUT2D eigenvalue weighted by molar-refractivity contribution is 0.102. The standard InChI is InChI=1S/C14H15N3O2/c15-17-13-7-3-11(4-8-13)14(19)16-12-5-1-10(9-18)2-6-12/h1-8,17-18H,9,15H2,(H,16,19). The zero-order valence-corrected chi connectivity index (χ0v) is 10.3. The first kappa shape index (κ1) is 13.1. The lowest BCUT2D eigenvalue weighted by Crippen LogP contribution is -2.12. The van der Waals surface area contributed by atoms with Gasteiger partial charge in [0.2, 0.25) is 0 Å². The Balaban J connectivity index is 2.06. The second-order valence-corrected chi connectivity index (χ2v) is 4.03. The van der Waals surface area contributed by atoms with Crippen LogP contribution in [0, 0.1) is 0 Å². The van der Waals surface area contributed by atoms with Crippen molar-refractivity contribution < 1.29 is 9.90 Å². The van der Waals surface area contributed by atoms with E-state index in [0.29, 0.717) is 11.3 Å². The fourth-order valence-corrected chi connectivity index (χ4v) is 1.61. The van der Waals surface area contributed by atoms with Gasteiger partial charge in [0.15, 0.2) is 0 Å². The minimum Gasteiger partial charge on any atom is -0.392 e. The van der Waals surface area contributed by atoms with Crippen molar-refractivity contribution in [2.45, 2.75) is 6.61 Å². The quantitative estimate of drug-likeness (QED) is 0.496. The van der Waals surface area contributed by atoms with Crippen LogP contribution in [-0.4, -0.2) is 11.0 Å². The van der Waals surface area contributed by atoms with Crippen LogP contribution < -0.4 is 16.6 Å². The van der Waals surface area contributed by atoms with Gasteiger partial charge in [0, 0.05) is 16.9 Å². The lowest BCUT2D eigenvalue weighted by Gasteiger charge is -2.06. The van der Waals surface area contributed by atoms with Gasteiger partial charge in [0.05, 0.1) is 6.61 Å². The lowest BCUT2D eigenvalue weighted by atomic mass is 10.1. The largest absolute Gasteiger partial charge is 0.392 e. The molecule has 0 fully saturated rings. The number of aliphatic hydroxyl groups excluding tert-OH is 1. The molecule has 0 aliphatic heterocycles. The number of benzene rings is 2. The van der Waals surface area contributed by atoms with Crippen molar-refractivity contribution >= 4 is 17.3 Å². The number of nitrogen functional groups attached to an aromatic ring is 1. The molecule has 0 aromatic heterocycles. The number of nitrogens with one attached hydrogen (secondary N) is 2. The summed E-state index contributed by atoms with van der Waals surface area (Å²) in [6.45, 7) is -0.0121. The molecule has 0 radical (unpaired) electrons. The van der Waals surface area contributed by atoms with Crippen molar-refractivity contribution in [2.24, 2.45) is 5.84 Å². The summed E-state index contributed by atoms with van der Waals surface area (Å²) in [4.78, 5) is 12.0. The van der Waals surface area contributed by atoms with Crippen molar-refractivity contribution in [1.29, 1.82) is 0 Å². The summed E-state index contributed by atoms with van der Waals surface area (Å²) in [5.41, 5.74) is 5.27. The number of amides is 1. The molecule has 0 heterocycles. The second kappa shape index (κ2) is 5.99. The molecule has 0 bridgehead atoms. The Labute approximate surface area is 111 Å². The van der Waals surface area contributed by atoms with Crippen LogP contribution in [0.15, 0.2) is 48.5 Å². The summed E-state index contributed by atoms with van der Waals surface area (Å²) in [5.74, 6) is 5.06. The number of rotatable bonds is 4.